The molecule has 7 heavy (non-hydrogen) atoms. The fraction of sp³-hybridized carbons (Fsp3) is 0.500. The van der Waals surface area contributed by atoms with Crippen LogP contribution in [0.1, 0.15) is 0 Å². The van der Waals surface area contributed by atoms with Crippen molar-refractivity contribution in [2.24, 2.45) is 0 Å². The molecular weight excluding hydrogens is 92.1 g/mol. The Morgan fingerprint density at radius 1 is 2.00 bits per heavy atom. The van der Waals surface area contributed by atoms with Crippen molar-refractivity contribution in [3.63, 3.8) is 0 Å². The molecule has 1 N–H and O–H groups in total. The zero-order valence-corrected chi connectivity index (χ0v) is 4.35. The van der Waals surface area contributed by atoms with Crippen molar-refractivity contribution in [2.45, 2.75) is 0 Å². The minimum absolute atomic E-state index is 0.330. The summed E-state index contributed by atoms with van der Waals surface area (Å²) in [6.45, 7) is 3.70. The summed E-state index contributed by atoms with van der Waals surface area (Å²) in [5, 5.41) is 10.8. The molecule has 0 saturated carbocycles. The Balaban J connectivity index is 2.98. The number of hydrogen-bond donors (Lipinski definition) is 1. The van der Waals surface area contributed by atoms with Gasteiger partial charge in [0.1, 0.15) is 0 Å². The van der Waals surface area contributed by atoms with Crippen LogP contribution in [0.4, 0.5) is 0 Å². The molecule has 0 spiro atoms. The van der Waals surface area contributed by atoms with Crippen molar-refractivity contribution in [3.8, 4) is 0 Å². The van der Waals surface area contributed by atoms with Gasteiger partial charge in [-0.3, -0.25) is 5.43 Å². The fourth-order valence-electron chi connectivity index (χ4n) is 0.209. The van der Waals surface area contributed by atoms with Crippen molar-refractivity contribution in [1.29, 1.82) is 0 Å². The lowest BCUT2D eigenvalue weighted by molar-refractivity contribution is 0.332. The van der Waals surface area contributed by atoms with Gasteiger partial charge in [0.15, 0.2) is 0 Å². The maximum Gasteiger partial charge on any atom is 0.0173 e. The van der Waals surface area contributed by atoms with Crippen LogP contribution in [0.2, 0.25) is 0 Å². The van der Waals surface area contributed by atoms with Crippen LogP contribution in [0.3, 0.4) is 0 Å². The molecule has 0 aromatic heterocycles. The number of nitrogens with zero attached hydrogens (tertiary/aromatic N) is 1. The highest BCUT2D eigenvalue weighted by molar-refractivity contribution is 4.70. The molecule has 0 aliphatic rings. The number of hydrazine groups is 1. The van der Waals surface area contributed by atoms with Gasteiger partial charge in [-0.2, -0.15) is 0 Å². The van der Waals surface area contributed by atoms with Crippen LogP contribution in [0.25, 0.3) is 0 Å². The van der Waals surface area contributed by atoms with Gasteiger partial charge in [0, 0.05) is 6.54 Å². The Hall–Kier alpha value is -0.380. The highest BCUT2D eigenvalue weighted by atomic mass is 16.5. The fourth-order valence-corrected chi connectivity index (χ4v) is 0.209. The van der Waals surface area contributed by atoms with Gasteiger partial charge in [-0.15, -0.1) is 6.58 Å². The van der Waals surface area contributed by atoms with Crippen molar-refractivity contribution in [3.05, 3.63) is 17.9 Å². The Labute approximate surface area is 43.2 Å². The Morgan fingerprint density at radius 2 is 2.57 bits per heavy atom. The molecule has 0 aromatic carbocycles. The molecule has 42 valence electrons. The van der Waals surface area contributed by atoms with Crippen molar-refractivity contribution in [2.75, 3.05) is 13.6 Å². The van der Waals surface area contributed by atoms with E-state index in [0.717, 1.165) is 0 Å². The van der Waals surface area contributed by atoms with E-state index in [-0.39, 0.29) is 0 Å². The first-order valence-corrected chi connectivity index (χ1v) is 2.04. The molecule has 0 bridgehead atoms. The van der Waals surface area contributed by atoms with Gasteiger partial charge < -0.3 is 10.4 Å². The van der Waals surface area contributed by atoms with Gasteiger partial charge in [0.25, 0.3) is 0 Å². The SMILES string of the molecule is C=CCN([O-])NC. The number of hydrogen-bond acceptors (Lipinski definition) is 3. The lowest BCUT2D eigenvalue weighted by Gasteiger charge is -2.23. The van der Waals surface area contributed by atoms with Crippen LogP contribution in [0.15, 0.2) is 12.7 Å². The zero-order valence-electron chi connectivity index (χ0n) is 4.35. The van der Waals surface area contributed by atoms with Crippen molar-refractivity contribution >= 4 is 0 Å². The number of rotatable bonds is 3. The van der Waals surface area contributed by atoms with Gasteiger partial charge >= 0.3 is 0 Å². The number of hydroxylamine groups is 1. The summed E-state index contributed by atoms with van der Waals surface area (Å²) in [6, 6.07) is 0. The first kappa shape index (κ1) is 6.62. The Kier molecular flexibility index (Phi) is 3.59. The van der Waals surface area contributed by atoms with Gasteiger partial charge in [0.2, 0.25) is 0 Å². The topological polar surface area (TPSA) is 38.3 Å². The molecule has 0 aliphatic carbocycles. The van der Waals surface area contributed by atoms with Crippen LogP contribution in [0, 0.1) is 5.21 Å². The average Bonchev–Trinajstić information content (AvgIpc) is 1.68. The third kappa shape index (κ3) is 3.45. The lowest BCUT2D eigenvalue weighted by atomic mass is 10.6. The summed E-state index contributed by atoms with van der Waals surface area (Å²) in [7, 11) is 1.57. The van der Waals surface area contributed by atoms with E-state index in [2.05, 4.69) is 12.0 Å². The third-order valence-electron chi connectivity index (χ3n) is 0.544. The first-order chi connectivity index (χ1) is 3.31. The molecule has 0 aliphatic heterocycles. The summed E-state index contributed by atoms with van der Waals surface area (Å²) in [4.78, 5) is 0. The average molecular weight is 101 g/mol. The van der Waals surface area contributed by atoms with E-state index in [9.17, 15) is 5.21 Å². The maximum absolute atomic E-state index is 10.1. The quantitative estimate of drug-likeness (QED) is 0.405. The van der Waals surface area contributed by atoms with Gasteiger partial charge in [0.05, 0.1) is 0 Å². The minimum Gasteiger partial charge on any atom is -0.771 e. The van der Waals surface area contributed by atoms with E-state index in [0.29, 0.717) is 11.7 Å². The summed E-state index contributed by atoms with van der Waals surface area (Å²) >= 11 is 0. The van der Waals surface area contributed by atoms with Crippen molar-refractivity contribution in [1.82, 2.24) is 10.6 Å². The molecule has 0 radical (unpaired) electrons. The van der Waals surface area contributed by atoms with E-state index < -0.39 is 0 Å². The molecule has 0 saturated heterocycles. The van der Waals surface area contributed by atoms with Crippen LogP contribution in [-0.2, 0) is 0 Å². The van der Waals surface area contributed by atoms with E-state index in [1.165, 1.54) is 6.08 Å². The summed E-state index contributed by atoms with van der Waals surface area (Å²) in [6.07, 6.45) is 1.53. The molecule has 0 fully saturated rings. The van der Waals surface area contributed by atoms with Crippen LogP contribution in [-0.4, -0.2) is 18.8 Å². The summed E-state index contributed by atoms with van der Waals surface area (Å²) < 4.78 is 0. The highest BCUT2D eigenvalue weighted by Crippen LogP contribution is 1.71. The molecular formula is C4H9N2O-. The normalized spacial score (nSPS) is 9.57. The molecule has 0 atom stereocenters. The predicted octanol–water partition coefficient (Wildman–Crippen LogP) is 0.107. The lowest BCUT2D eigenvalue weighted by Crippen LogP contribution is -2.28. The van der Waals surface area contributed by atoms with Gasteiger partial charge in [-0.25, -0.2) is 0 Å². The molecule has 3 nitrogen and oxygen atoms in total. The highest BCUT2D eigenvalue weighted by Gasteiger charge is 1.73. The van der Waals surface area contributed by atoms with Crippen LogP contribution >= 0.6 is 0 Å². The standard InChI is InChI=1S/C4H9N2O/c1-3-4-6(7)5-2/h3,5H,1,4H2,2H3/q-1. The molecule has 0 rings (SSSR count). The summed E-state index contributed by atoms with van der Waals surface area (Å²) in [5.74, 6) is 0. The van der Waals surface area contributed by atoms with E-state index in [4.69, 9.17) is 0 Å². The predicted molar refractivity (Wildman–Crippen MR) is 29.3 cm³/mol. The Bertz CT molecular complexity index is 55.7. The number of nitrogens with one attached hydrogen (secondary N) is 1. The minimum atomic E-state index is 0.330. The zero-order chi connectivity index (χ0) is 5.70. The second-order valence-electron chi connectivity index (χ2n) is 1.07. The molecule has 0 amide bonds. The first-order valence-electron chi connectivity index (χ1n) is 2.04. The van der Waals surface area contributed by atoms with E-state index in [1.54, 1.807) is 7.05 Å². The van der Waals surface area contributed by atoms with Gasteiger partial charge in [-0.05, 0) is 7.05 Å². The monoisotopic (exact) mass is 101 g/mol. The van der Waals surface area contributed by atoms with E-state index in [1.807, 2.05) is 0 Å². The Morgan fingerprint density at radius 3 is 2.71 bits per heavy atom. The van der Waals surface area contributed by atoms with Crippen LogP contribution in [0.5, 0.6) is 0 Å². The molecule has 0 heterocycles. The van der Waals surface area contributed by atoms with E-state index >= 15 is 0 Å². The largest absolute Gasteiger partial charge is 0.771 e. The molecule has 3 heteroatoms. The second kappa shape index (κ2) is 3.80. The molecule has 0 aromatic rings. The van der Waals surface area contributed by atoms with Crippen molar-refractivity contribution < 1.29 is 0 Å². The smallest absolute Gasteiger partial charge is 0.0173 e. The summed E-state index contributed by atoms with van der Waals surface area (Å²) in [5.41, 5.74) is 2.37. The third-order valence-corrected chi connectivity index (χ3v) is 0.544. The van der Waals surface area contributed by atoms with Crippen LogP contribution < -0.4 is 5.43 Å². The maximum atomic E-state index is 10.1. The second-order valence-corrected chi connectivity index (χ2v) is 1.07. The van der Waals surface area contributed by atoms with Gasteiger partial charge in [-0.1, -0.05) is 6.08 Å². The molecule has 0 unspecified atom stereocenters.